The Morgan fingerprint density at radius 2 is 1.68 bits per heavy atom. The van der Waals surface area contributed by atoms with E-state index in [1.165, 1.54) is 6.42 Å². The fourth-order valence-corrected chi connectivity index (χ4v) is 7.08. The van der Waals surface area contributed by atoms with Crippen molar-refractivity contribution < 1.29 is 24.2 Å². The Balaban J connectivity index is 1.17. The van der Waals surface area contributed by atoms with E-state index in [1.54, 1.807) is 7.11 Å². The largest absolute Gasteiger partial charge is 0.497 e. The summed E-state index contributed by atoms with van der Waals surface area (Å²) in [5, 5.41) is 17.1. The molecule has 3 fully saturated rings. The first-order valence-corrected chi connectivity index (χ1v) is 16.4. The van der Waals surface area contributed by atoms with Gasteiger partial charge in [-0.2, -0.15) is 0 Å². The standard InChI is InChI=1S/C35H48N4O5/c1-3-4-20-39-33(42)30(31(40)27-8-6-5-7-9-27)37-34(43)35(39)18-21-38(22-19-35)24-26-10-14-28(15-11-26)32(41)36-23-25-12-16-29(44-2)17-13-25/h10-17,27,30-31,40H,3-9,18-24H2,1-2H3,(H,36,41)(H,37,43)/t30-,31-/m1/s1. The molecule has 3 N–H and O–H groups in total. The van der Waals surface area contributed by atoms with Crippen LogP contribution in [0.15, 0.2) is 48.5 Å². The molecule has 3 amide bonds. The monoisotopic (exact) mass is 604 g/mol. The molecule has 2 atom stereocenters. The minimum Gasteiger partial charge on any atom is -0.497 e. The van der Waals surface area contributed by atoms with Crippen LogP contribution in [0.5, 0.6) is 5.75 Å². The van der Waals surface area contributed by atoms with Crippen LogP contribution in [0.3, 0.4) is 0 Å². The van der Waals surface area contributed by atoms with E-state index in [0.29, 0.717) is 51.1 Å². The van der Waals surface area contributed by atoms with Crippen molar-refractivity contribution in [3.05, 3.63) is 65.2 Å². The molecule has 5 rings (SSSR count). The van der Waals surface area contributed by atoms with Crippen molar-refractivity contribution in [2.45, 2.75) is 95.5 Å². The molecule has 2 aromatic rings. The molecule has 9 heteroatoms. The zero-order chi connectivity index (χ0) is 31.1. The van der Waals surface area contributed by atoms with Gasteiger partial charge >= 0.3 is 0 Å². The molecule has 2 heterocycles. The number of carbonyl (C=O) groups is 3. The van der Waals surface area contributed by atoms with Crippen LogP contribution in [-0.4, -0.2) is 77.1 Å². The Morgan fingerprint density at radius 3 is 2.32 bits per heavy atom. The van der Waals surface area contributed by atoms with Gasteiger partial charge in [0.05, 0.1) is 13.2 Å². The molecule has 2 saturated heterocycles. The smallest absolute Gasteiger partial charge is 0.251 e. The highest BCUT2D eigenvalue weighted by Gasteiger charge is 2.55. The second-order valence-corrected chi connectivity index (χ2v) is 12.7. The highest BCUT2D eigenvalue weighted by molar-refractivity contribution is 6.00. The number of amides is 3. The summed E-state index contributed by atoms with van der Waals surface area (Å²) in [5.74, 6) is 0.484. The zero-order valence-electron chi connectivity index (χ0n) is 26.2. The molecular weight excluding hydrogens is 556 g/mol. The Kier molecular flexibility index (Phi) is 10.6. The summed E-state index contributed by atoms with van der Waals surface area (Å²) in [6.07, 6.45) is 7.17. The molecule has 9 nitrogen and oxygen atoms in total. The summed E-state index contributed by atoms with van der Waals surface area (Å²) in [6.45, 7) is 5.14. The lowest BCUT2D eigenvalue weighted by molar-refractivity contribution is -0.166. The number of carbonyl (C=O) groups excluding carboxylic acids is 3. The van der Waals surface area contributed by atoms with Crippen molar-refractivity contribution >= 4 is 17.7 Å². The van der Waals surface area contributed by atoms with Crippen LogP contribution in [0.2, 0.25) is 0 Å². The van der Waals surface area contributed by atoms with E-state index in [0.717, 1.165) is 55.4 Å². The second kappa shape index (κ2) is 14.6. The summed E-state index contributed by atoms with van der Waals surface area (Å²) in [5.41, 5.74) is 1.83. The van der Waals surface area contributed by atoms with Gasteiger partial charge in [-0.3, -0.25) is 19.3 Å². The molecule has 238 valence electrons. The number of rotatable bonds is 11. The third kappa shape index (κ3) is 7.10. The minimum absolute atomic E-state index is 0.0628. The van der Waals surface area contributed by atoms with E-state index in [-0.39, 0.29) is 23.6 Å². The van der Waals surface area contributed by atoms with E-state index < -0.39 is 17.7 Å². The van der Waals surface area contributed by atoms with Crippen LogP contribution in [0.1, 0.15) is 86.2 Å². The first-order valence-electron chi connectivity index (χ1n) is 16.4. The average Bonchev–Trinajstić information content (AvgIpc) is 3.07. The maximum atomic E-state index is 13.8. The molecule has 2 aromatic carbocycles. The summed E-state index contributed by atoms with van der Waals surface area (Å²) >= 11 is 0. The first kappa shape index (κ1) is 32.0. The highest BCUT2D eigenvalue weighted by atomic mass is 16.5. The topological polar surface area (TPSA) is 111 Å². The highest BCUT2D eigenvalue weighted by Crippen LogP contribution is 2.36. The molecule has 1 saturated carbocycles. The molecule has 0 unspecified atom stereocenters. The van der Waals surface area contributed by atoms with E-state index in [4.69, 9.17) is 4.74 Å². The lowest BCUT2D eigenvalue weighted by atomic mass is 9.78. The maximum absolute atomic E-state index is 13.8. The van der Waals surface area contributed by atoms with Crippen molar-refractivity contribution in [2.24, 2.45) is 5.92 Å². The van der Waals surface area contributed by atoms with Gasteiger partial charge in [0.25, 0.3) is 5.91 Å². The van der Waals surface area contributed by atoms with Gasteiger partial charge < -0.3 is 25.4 Å². The predicted molar refractivity (Wildman–Crippen MR) is 169 cm³/mol. The van der Waals surface area contributed by atoms with Crippen LogP contribution in [-0.2, 0) is 22.7 Å². The van der Waals surface area contributed by atoms with Crippen LogP contribution in [0.25, 0.3) is 0 Å². The summed E-state index contributed by atoms with van der Waals surface area (Å²) < 4.78 is 5.18. The fraction of sp³-hybridized carbons (Fsp3) is 0.571. The lowest BCUT2D eigenvalue weighted by Crippen LogP contribution is -2.75. The van der Waals surface area contributed by atoms with E-state index >= 15 is 0 Å². The van der Waals surface area contributed by atoms with Gasteiger partial charge in [-0.25, -0.2) is 0 Å². The summed E-state index contributed by atoms with van der Waals surface area (Å²) in [6, 6.07) is 14.4. The number of benzene rings is 2. The number of piperazine rings is 1. The van der Waals surface area contributed by atoms with Crippen LogP contribution in [0.4, 0.5) is 0 Å². The normalized spacial score (nSPS) is 21.6. The Morgan fingerprint density at radius 1 is 1.02 bits per heavy atom. The number of piperidine rings is 1. The molecule has 1 aliphatic carbocycles. The molecule has 44 heavy (non-hydrogen) atoms. The second-order valence-electron chi connectivity index (χ2n) is 12.7. The van der Waals surface area contributed by atoms with Crippen LogP contribution in [0, 0.1) is 5.92 Å². The number of hydrogen-bond donors (Lipinski definition) is 3. The van der Waals surface area contributed by atoms with Gasteiger partial charge in [0.1, 0.15) is 17.3 Å². The zero-order valence-corrected chi connectivity index (χ0v) is 26.2. The first-order chi connectivity index (χ1) is 21.3. The SMILES string of the molecule is CCCCN1C(=O)[C@@H]([C@H](O)C2CCCCC2)NC(=O)C12CCN(Cc1ccc(C(=O)NCc3ccc(OC)cc3)cc1)CC2. The van der Waals surface area contributed by atoms with Crippen molar-refractivity contribution in [3.63, 3.8) is 0 Å². The lowest BCUT2D eigenvalue weighted by Gasteiger charge is -2.52. The predicted octanol–water partition coefficient (Wildman–Crippen LogP) is 4.03. The number of hydrogen-bond acceptors (Lipinski definition) is 6. The van der Waals surface area contributed by atoms with Crippen molar-refractivity contribution in [3.8, 4) is 5.75 Å². The maximum Gasteiger partial charge on any atom is 0.251 e. The molecular formula is C35H48N4O5. The van der Waals surface area contributed by atoms with E-state index in [2.05, 4.69) is 22.5 Å². The van der Waals surface area contributed by atoms with Crippen molar-refractivity contribution in [1.82, 2.24) is 20.4 Å². The number of aliphatic hydroxyl groups is 1. The third-order valence-corrected chi connectivity index (χ3v) is 9.89. The minimum atomic E-state index is -0.864. The Hall–Kier alpha value is -3.43. The van der Waals surface area contributed by atoms with Gasteiger partial charge in [0.15, 0.2) is 0 Å². The molecule has 1 spiro atoms. The number of likely N-dealkylation sites (tertiary alicyclic amines) is 1. The number of unbranched alkanes of at least 4 members (excludes halogenated alkanes) is 1. The number of nitrogens with zero attached hydrogens (tertiary/aromatic N) is 2. The number of methoxy groups -OCH3 is 1. The number of ether oxygens (including phenoxy) is 1. The third-order valence-electron chi connectivity index (χ3n) is 9.89. The molecule has 0 aromatic heterocycles. The molecule has 2 aliphatic heterocycles. The van der Waals surface area contributed by atoms with Crippen molar-refractivity contribution in [2.75, 3.05) is 26.7 Å². The quantitative estimate of drug-likeness (QED) is 0.357. The number of nitrogens with one attached hydrogen (secondary N) is 2. The van der Waals surface area contributed by atoms with Crippen LogP contribution < -0.4 is 15.4 Å². The van der Waals surface area contributed by atoms with E-state index in [1.807, 2.05) is 53.4 Å². The molecule has 0 bridgehead atoms. The number of aliphatic hydroxyl groups excluding tert-OH is 1. The Bertz CT molecular complexity index is 1270. The molecule has 0 radical (unpaired) electrons. The summed E-state index contributed by atoms with van der Waals surface area (Å²) in [7, 11) is 1.63. The van der Waals surface area contributed by atoms with Crippen LogP contribution >= 0.6 is 0 Å². The Labute approximate surface area is 261 Å². The van der Waals surface area contributed by atoms with Gasteiger partial charge in [-0.05, 0) is 73.4 Å². The van der Waals surface area contributed by atoms with E-state index in [9.17, 15) is 19.5 Å². The van der Waals surface area contributed by atoms with Crippen molar-refractivity contribution in [1.29, 1.82) is 0 Å². The average molecular weight is 605 g/mol. The van der Waals surface area contributed by atoms with Gasteiger partial charge in [0.2, 0.25) is 11.8 Å². The molecule has 3 aliphatic rings. The van der Waals surface area contributed by atoms with Gasteiger partial charge in [-0.1, -0.05) is 56.9 Å². The van der Waals surface area contributed by atoms with Gasteiger partial charge in [-0.15, -0.1) is 0 Å². The summed E-state index contributed by atoms with van der Waals surface area (Å²) in [4.78, 5) is 44.4. The fourth-order valence-electron chi connectivity index (χ4n) is 7.08. The van der Waals surface area contributed by atoms with Gasteiger partial charge in [0, 0.05) is 38.3 Å².